The number of anilines is 1. The van der Waals surface area contributed by atoms with E-state index in [9.17, 15) is 14.4 Å². The van der Waals surface area contributed by atoms with Crippen molar-refractivity contribution in [1.29, 1.82) is 0 Å². The van der Waals surface area contributed by atoms with Gasteiger partial charge in [0.05, 0.1) is 0 Å². The molecular weight excluding hydrogens is 530 g/mol. The molecule has 42 heavy (non-hydrogen) atoms. The van der Waals surface area contributed by atoms with Crippen molar-refractivity contribution in [3.8, 4) is 0 Å². The van der Waals surface area contributed by atoms with E-state index in [1.165, 1.54) is 19.4 Å². The summed E-state index contributed by atoms with van der Waals surface area (Å²) in [7, 11) is 0. The normalized spacial score (nSPS) is 14.3. The van der Waals surface area contributed by atoms with Crippen LogP contribution in [0.3, 0.4) is 0 Å². The quantitative estimate of drug-likeness (QED) is 0.248. The van der Waals surface area contributed by atoms with E-state index < -0.39 is 0 Å². The second kappa shape index (κ2) is 15.7. The van der Waals surface area contributed by atoms with Gasteiger partial charge < -0.3 is 20.1 Å². The Labute approximate surface area is 251 Å². The Morgan fingerprint density at radius 1 is 0.857 bits per heavy atom. The molecule has 1 aliphatic carbocycles. The fourth-order valence-corrected chi connectivity index (χ4v) is 5.89. The maximum Gasteiger partial charge on any atom is 0.319 e. The number of para-hydroxylation sites is 1. The molecule has 0 unspecified atom stereocenters. The maximum absolute atomic E-state index is 13.3. The lowest BCUT2D eigenvalue weighted by molar-refractivity contribution is -0.141. The third kappa shape index (κ3) is 9.58. The van der Waals surface area contributed by atoms with Crippen LogP contribution < -0.4 is 10.6 Å². The summed E-state index contributed by atoms with van der Waals surface area (Å²) >= 11 is 0. The standard InChI is InChI=1S/C34H49N3O5/c1-24(2)30-13-10-14-31(25(3)4)32(30)36-33(40)35-23-34(15-7-8-16-34)29-12-9-11-28(21-29)22-37(17-19-41-26(5)38)18-20-42-27(6)39/h9-14,21,24-25H,7-8,15-20,22-23H2,1-6H3,(H2,35,36,40). The van der Waals surface area contributed by atoms with Crippen LogP contribution in [0.1, 0.15) is 101 Å². The first kappa shape index (κ1) is 33.1. The fraction of sp³-hybridized carbons (Fsp3) is 0.559. The highest BCUT2D eigenvalue weighted by atomic mass is 16.5. The average Bonchev–Trinajstić information content (AvgIpc) is 3.42. The van der Waals surface area contributed by atoms with E-state index in [0.717, 1.165) is 48.1 Å². The van der Waals surface area contributed by atoms with Gasteiger partial charge >= 0.3 is 18.0 Å². The Morgan fingerprint density at radius 3 is 1.93 bits per heavy atom. The number of carbonyl (C=O) groups excluding carboxylic acids is 3. The van der Waals surface area contributed by atoms with Crippen molar-refractivity contribution < 1.29 is 23.9 Å². The summed E-state index contributed by atoms with van der Waals surface area (Å²) < 4.78 is 10.3. The zero-order chi connectivity index (χ0) is 30.7. The molecule has 3 rings (SSSR count). The van der Waals surface area contributed by atoms with Gasteiger partial charge in [0.2, 0.25) is 0 Å². The van der Waals surface area contributed by atoms with Gasteiger partial charge in [0, 0.05) is 51.1 Å². The molecule has 0 aliphatic heterocycles. The molecule has 0 spiro atoms. The van der Waals surface area contributed by atoms with Crippen LogP contribution >= 0.6 is 0 Å². The number of nitrogens with zero attached hydrogens (tertiary/aromatic N) is 1. The number of benzene rings is 2. The third-order valence-electron chi connectivity index (χ3n) is 8.13. The monoisotopic (exact) mass is 579 g/mol. The Hall–Kier alpha value is -3.39. The molecule has 2 N–H and O–H groups in total. The first-order valence-corrected chi connectivity index (χ1v) is 15.3. The highest BCUT2D eigenvalue weighted by Crippen LogP contribution is 2.41. The topological polar surface area (TPSA) is 97.0 Å². The van der Waals surface area contributed by atoms with Gasteiger partial charge in [0.15, 0.2) is 0 Å². The summed E-state index contributed by atoms with van der Waals surface area (Å²) in [4.78, 5) is 38.0. The van der Waals surface area contributed by atoms with Crippen molar-refractivity contribution in [2.24, 2.45) is 0 Å². The molecule has 1 fully saturated rings. The molecule has 2 aromatic rings. The minimum absolute atomic E-state index is 0.133. The number of hydrogen-bond donors (Lipinski definition) is 2. The lowest BCUT2D eigenvalue weighted by atomic mass is 9.78. The first-order chi connectivity index (χ1) is 20.0. The molecule has 0 saturated heterocycles. The van der Waals surface area contributed by atoms with E-state index in [1.54, 1.807) is 0 Å². The second-order valence-electron chi connectivity index (χ2n) is 12.1. The molecule has 1 aliphatic rings. The van der Waals surface area contributed by atoms with Crippen LogP contribution in [0.4, 0.5) is 10.5 Å². The van der Waals surface area contributed by atoms with E-state index in [0.29, 0.717) is 38.0 Å². The van der Waals surface area contributed by atoms with Gasteiger partial charge in [-0.2, -0.15) is 0 Å². The third-order valence-corrected chi connectivity index (χ3v) is 8.13. The molecule has 0 aromatic heterocycles. The minimum atomic E-state index is -0.315. The smallest absolute Gasteiger partial charge is 0.319 e. The van der Waals surface area contributed by atoms with Crippen LogP contribution in [0.2, 0.25) is 0 Å². The highest BCUT2D eigenvalue weighted by molar-refractivity contribution is 5.91. The number of nitrogens with one attached hydrogen (secondary N) is 2. The minimum Gasteiger partial charge on any atom is -0.465 e. The van der Waals surface area contributed by atoms with Crippen molar-refractivity contribution >= 4 is 23.7 Å². The first-order valence-electron chi connectivity index (χ1n) is 15.3. The van der Waals surface area contributed by atoms with Gasteiger partial charge in [0.25, 0.3) is 0 Å². The second-order valence-corrected chi connectivity index (χ2v) is 12.1. The van der Waals surface area contributed by atoms with E-state index in [1.807, 2.05) is 0 Å². The molecule has 0 radical (unpaired) electrons. The molecule has 2 aromatic carbocycles. The summed E-state index contributed by atoms with van der Waals surface area (Å²) in [5.74, 6) is -0.0365. The molecule has 8 nitrogen and oxygen atoms in total. The van der Waals surface area contributed by atoms with Gasteiger partial charge in [-0.1, -0.05) is 83.0 Å². The Balaban J connectivity index is 1.73. The van der Waals surface area contributed by atoms with Gasteiger partial charge in [-0.05, 0) is 46.9 Å². The molecule has 8 heteroatoms. The summed E-state index contributed by atoms with van der Waals surface area (Å²) in [5, 5.41) is 6.42. The Morgan fingerprint density at radius 2 is 1.40 bits per heavy atom. The predicted octanol–water partition coefficient (Wildman–Crippen LogP) is 6.50. The van der Waals surface area contributed by atoms with E-state index in [4.69, 9.17) is 9.47 Å². The van der Waals surface area contributed by atoms with E-state index in [2.05, 4.69) is 85.7 Å². The Bertz CT molecular complexity index is 1160. The summed E-state index contributed by atoms with van der Waals surface area (Å²) in [6.07, 6.45) is 4.27. The van der Waals surface area contributed by atoms with Crippen LogP contribution in [-0.4, -0.2) is 55.7 Å². The lowest BCUT2D eigenvalue weighted by Crippen LogP contribution is -2.41. The van der Waals surface area contributed by atoms with Crippen molar-refractivity contribution in [2.45, 2.75) is 91.0 Å². The zero-order valence-electron chi connectivity index (χ0n) is 26.3. The summed E-state index contributed by atoms with van der Waals surface area (Å²) in [6.45, 7) is 14.2. The summed E-state index contributed by atoms with van der Waals surface area (Å²) in [5.41, 5.74) is 5.43. The van der Waals surface area contributed by atoms with E-state index in [-0.39, 0.29) is 36.6 Å². The number of carbonyl (C=O) groups is 3. The molecule has 0 heterocycles. The van der Waals surface area contributed by atoms with Gasteiger partial charge in [-0.25, -0.2) is 4.79 Å². The predicted molar refractivity (Wildman–Crippen MR) is 167 cm³/mol. The fourth-order valence-electron chi connectivity index (χ4n) is 5.89. The molecule has 230 valence electrons. The molecule has 1 saturated carbocycles. The number of ether oxygens (including phenoxy) is 2. The molecular formula is C34H49N3O5. The van der Waals surface area contributed by atoms with Gasteiger partial charge in [-0.3, -0.25) is 14.5 Å². The molecule has 2 amide bonds. The van der Waals surface area contributed by atoms with Crippen molar-refractivity contribution in [1.82, 2.24) is 10.2 Å². The molecule has 0 atom stereocenters. The zero-order valence-corrected chi connectivity index (χ0v) is 26.3. The SMILES string of the molecule is CC(=O)OCCN(CCOC(C)=O)Cc1cccc(C2(CNC(=O)Nc3c(C(C)C)cccc3C(C)C)CCCC2)c1. The Kier molecular flexibility index (Phi) is 12.4. The van der Waals surface area contributed by atoms with Crippen LogP contribution in [0.25, 0.3) is 0 Å². The number of hydrogen-bond acceptors (Lipinski definition) is 6. The number of amides is 2. The number of urea groups is 1. The van der Waals surface area contributed by atoms with Crippen LogP contribution in [0.5, 0.6) is 0 Å². The van der Waals surface area contributed by atoms with Crippen molar-refractivity contribution in [3.05, 3.63) is 64.7 Å². The molecule has 0 bridgehead atoms. The largest absolute Gasteiger partial charge is 0.465 e. The maximum atomic E-state index is 13.3. The van der Waals surface area contributed by atoms with Crippen molar-refractivity contribution in [2.75, 3.05) is 38.2 Å². The van der Waals surface area contributed by atoms with Gasteiger partial charge in [0.1, 0.15) is 13.2 Å². The van der Waals surface area contributed by atoms with Gasteiger partial charge in [-0.15, -0.1) is 0 Å². The summed E-state index contributed by atoms with van der Waals surface area (Å²) in [6, 6.07) is 14.7. The van der Waals surface area contributed by atoms with E-state index >= 15 is 0 Å². The lowest BCUT2D eigenvalue weighted by Gasteiger charge is -2.31. The van der Waals surface area contributed by atoms with Crippen LogP contribution in [0.15, 0.2) is 42.5 Å². The van der Waals surface area contributed by atoms with Crippen molar-refractivity contribution in [3.63, 3.8) is 0 Å². The van der Waals surface area contributed by atoms with Crippen LogP contribution in [0, 0.1) is 0 Å². The highest BCUT2D eigenvalue weighted by Gasteiger charge is 2.36. The van der Waals surface area contributed by atoms with Crippen LogP contribution in [-0.2, 0) is 31.0 Å². The average molecular weight is 580 g/mol. The number of rotatable bonds is 14. The number of esters is 2.